The lowest BCUT2D eigenvalue weighted by atomic mass is 9.95. The molecule has 1 unspecified atom stereocenters. The highest BCUT2D eigenvalue weighted by atomic mass is 16.3. The quantitative estimate of drug-likeness (QED) is 0.613. The molecule has 3 N–H and O–H groups in total. The summed E-state index contributed by atoms with van der Waals surface area (Å²) in [5.74, 6) is 0. The smallest absolute Gasteiger partial charge is 0.0611 e. The third-order valence-corrected chi connectivity index (χ3v) is 4.57. The lowest BCUT2D eigenvalue weighted by molar-refractivity contribution is 0.137. The number of aliphatic hydroxyl groups is 2. The van der Waals surface area contributed by atoms with Crippen LogP contribution in [0.1, 0.15) is 18.9 Å². The van der Waals surface area contributed by atoms with Gasteiger partial charge in [-0.1, -0.05) is 48.5 Å². The monoisotopic (exact) mass is 309 g/mol. The van der Waals surface area contributed by atoms with Crippen LogP contribution in [0, 0.1) is 0 Å². The molecule has 0 spiro atoms. The second kappa shape index (κ2) is 6.67. The summed E-state index contributed by atoms with van der Waals surface area (Å²) >= 11 is 0. The van der Waals surface area contributed by atoms with Crippen LogP contribution in [0.4, 0.5) is 0 Å². The van der Waals surface area contributed by atoms with E-state index in [4.69, 9.17) is 0 Å². The van der Waals surface area contributed by atoms with Crippen molar-refractivity contribution >= 4 is 21.5 Å². The molecule has 0 saturated heterocycles. The Hall–Kier alpha value is -1.94. The molecule has 0 amide bonds. The molecule has 120 valence electrons. The van der Waals surface area contributed by atoms with Crippen molar-refractivity contribution in [3.8, 4) is 0 Å². The van der Waals surface area contributed by atoms with Gasteiger partial charge in [-0.05, 0) is 46.5 Å². The topological polar surface area (TPSA) is 52.5 Å². The van der Waals surface area contributed by atoms with Gasteiger partial charge in [0.25, 0.3) is 0 Å². The molecular formula is C20H23NO2. The van der Waals surface area contributed by atoms with Crippen LogP contribution < -0.4 is 5.32 Å². The van der Waals surface area contributed by atoms with E-state index in [2.05, 4.69) is 59.9 Å². The number of hydrogen-bond donors (Lipinski definition) is 3. The van der Waals surface area contributed by atoms with Crippen molar-refractivity contribution in [2.75, 3.05) is 13.2 Å². The number of benzene rings is 3. The average Bonchev–Trinajstić information content (AvgIpc) is 2.60. The standard InChI is InChI=1S/C20H23NO2/c1-20(14-23,10-11-22)21-13-16-12-15-6-2-3-7-17(15)19-9-5-4-8-18(16)19/h2-9,12,21-23H,10-11,13-14H2,1H3. The molecule has 0 saturated carbocycles. The summed E-state index contributed by atoms with van der Waals surface area (Å²) in [6, 6.07) is 19.0. The summed E-state index contributed by atoms with van der Waals surface area (Å²) in [5.41, 5.74) is 0.735. The van der Waals surface area contributed by atoms with Crippen molar-refractivity contribution in [1.29, 1.82) is 0 Å². The van der Waals surface area contributed by atoms with E-state index in [0.717, 1.165) is 0 Å². The number of fused-ring (bicyclic) bond motifs is 3. The molecule has 0 aliphatic carbocycles. The first kappa shape index (κ1) is 15.9. The highest BCUT2D eigenvalue weighted by Gasteiger charge is 2.22. The van der Waals surface area contributed by atoms with Gasteiger partial charge in [0, 0.05) is 18.7 Å². The molecule has 1 atom stereocenters. The van der Waals surface area contributed by atoms with Gasteiger partial charge in [-0.15, -0.1) is 0 Å². The van der Waals surface area contributed by atoms with Gasteiger partial charge in [0.2, 0.25) is 0 Å². The molecule has 3 aromatic carbocycles. The van der Waals surface area contributed by atoms with Gasteiger partial charge < -0.3 is 15.5 Å². The maximum absolute atomic E-state index is 9.61. The highest BCUT2D eigenvalue weighted by Crippen LogP contribution is 2.29. The third-order valence-electron chi connectivity index (χ3n) is 4.57. The molecule has 0 radical (unpaired) electrons. The SMILES string of the molecule is CC(CO)(CCO)NCc1cc2ccccc2c2ccccc12. The van der Waals surface area contributed by atoms with Gasteiger partial charge in [0.1, 0.15) is 0 Å². The number of nitrogens with one attached hydrogen (secondary N) is 1. The van der Waals surface area contributed by atoms with E-state index < -0.39 is 5.54 Å². The second-order valence-corrected chi connectivity index (χ2v) is 6.35. The van der Waals surface area contributed by atoms with Crippen molar-refractivity contribution in [3.05, 3.63) is 60.2 Å². The lowest BCUT2D eigenvalue weighted by Gasteiger charge is -2.28. The van der Waals surface area contributed by atoms with E-state index in [9.17, 15) is 10.2 Å². The van der Waals surface area contributed by atoms with E-state index in [1.165, 1.54) is 27.1 Å². The molecule has 0 fully saturated rings. The fourth-order valence-corrected chi connectivity index (χ4v) is 3.06. The molecule has 0 aromatic heterocycles. The number of aliphatic hydroxyl groups excluding tert-OH is 2. The molecule has 0 aliphatic heterocycles. The van der Waals surface area contributed by atoms with Gasteiger partial charge in [-0.2, -0.15) is 0 Å². The van der Waals surface area contributed by atoms with E-state index in [1.54, 1.807) is 0 Å². The maximum atomic E-state index is 9.61. The molecule has 23 heavy (non-hydrogen) atoms. The molecule has 0 aliphatic rings. The van der Waals surface area contributed by atoms with Crippen LogP contribution in [0.5, 0.6) is 0 Å². The largest absolute Gasteiger partial charge is 0.396 e. The van der Waals surface area contributed by atoms with Gasteiger partial charge in [0.05, 0.1) is 6.61 Å². The Labute approximate surface area is 136 Å². The summed E-state index contributed by atoms with van der Waals surface area (Å²) in [6.07, 6.45) is 0.523. The van der Waals surface area contributed by atoms with Crippen molar-refractivity contribution in [2.24, 2.45) is 0 Å². The predicted octanol–water partition coefficient (Wildman–Crippen LogP) is 3.22. The summed E-state index contributed by atoms with van der Waals surface area (Å²) in [7, 11) is 0. The van der Waals surface area contributed by atoms with E-state index in [1.807, 2.05) is 6.92 Å². The zero-order chi connectivity index (χ0) is 16.3. The van der Waals surface area contributed by atoms with Crippen LogP contribution in [-0.2, 0) is 6.54 Å². The fraction of sp³-hybridized carbons (Fsp3) is 0.300. The van der Waals surface area contributed by atoms with Crippen molar-refractivity contribution in [2.45, 2.75) is 25.4 Å². The molecular weight excluding hydrogens is 286 g/mol. The molecule has 3 nitrogen and oxygen atoms in total. The summed E-state index contributed by atoms with van der Waals surface area (Å²) in [4.78, 5) is 0. The second-order valence-electron chi connectivity index (χ2n) is 6.35. The van der Waals surface area contributed by atoms with Gasteiger partial charge in [-0.3, -0.25) is 0 Å². The van der Waals surface area contributed by atoms with Crippen LogP contribution in [0.15, 0.2) is 54.6 Å². The van der Waals surface area contributed by atoms with E-state index >= 15 is 0 Å². The minimum atomic E-state index is -0.471. The summed E-state index contributed by atoms with van der Waals surface area (Å²) in [6.45, 7) is 2.65. The van der Waals surface area contributed by atoms with Crippen LogP contribution >= 0.6 is 0 Å². The van der Waals surface area contributed by atoms with Gasteiger partial charge in [0.15, 0.2) is 0 Å². The average molecular weight is 309 g/mol. The first-order chi connectivity index (χ1) is 11.2. The molecule has 3 rings (SSSR count). The maximum Gasteiger partial charge on any atom is 0.0611 e. The normalized spacial score (nSPS) is 14.2. The zero-order valence-corrected chi connectivity index (χ0v) is 13.4. The summed E-state index contributed by atoms with van der Waals surface area (Å²) < 4.78 is 0. The Kier molecular flexibility index (Phi) is 4.62. The van der Waals surface area contributed by atoms with Gasteiger partial charge >= 0.3 is 0 Å². The first-order valence-corrected chi connectivity index (χ1v) is 8.03. The Morgan fingerprint density at radius 1 is 0.913 bits per heavy atom. The Morgan fingerprint density at radius 2 is 1.57 bits per heavy atom. The lowest BCUT2D eigenvalue weighted by Crippen LogP contribution is -2.46. The third kappa shape index (κ3) is 3.22. The fourth-order valence-electron chi connectivity index (χ4n) is 3.06. The van der Waals surface area contributed by atoms with Gasteiger partial charge in [-0.25, -0.2) is 0 Å². The van der Waals surface area contributed by atoms with E-state index in [-0.39, 0.29) is 13.2 Å². The Balaban J connectivity index is 2.02. The summed E-state index contributed by atoms with van der Waals surface area (Å²) in [5, 5.41) is 27.2. The first-order valence-electron chi connectivity index (χ1n) is 8.03. The number of hydrogen-bond acceptors (Lipinski definition) is 3. The van der Waals surface area contributed by atoms with Crippen LogP contribution in [0.2, 0.25) is 0 Å². The van der Waals surface area contributed by atoms with Crippen LogP contribution in [-0.4, -0.2) is 29.0 Å². The Morgan fingerprint density at radius 3 is 2.26 bits per heavy atom. The molecule has 0 heterocycles. The molecule has 3 aromatic rings. The van der Waals surface area contributed by atoms with Crippen molar-refractivity contribution in [3.63, 3.8) is 0 Å². The van der Waals surface area contributed by atoms with Crippen molar-refractivity contribution in [1.82, 2.24) is 5.32 Å². The van der Waals surface area contributed by atoms with Crippen LogP contribution in [0.3, 0.4) is 0 Å². The molecule has 3 heteroatoms. The highest BCUT2D eigenvalue weighted by molar-refractivity contribution is 6.08. The zero-order valence-electron chi connectivity index (χ0n) is 13.4. The van der Waals surface area contributed by atoms with E-state index in [0.29, 0.717) is 13.0 Å². The van der Waals surface area contributed by atoms with Crippen molar-refractivity contribution < 1.29 is 10.2 Å². The number of rotatable bonds is 6. The minimum absolute atomic E-state index is 0.000919. The Bertz CT molecular complexity index is 815. The minimum Gasteiger partial charge on any atom is -0.396 e. The molecule has 0 bridgehead atoms. The predicted molar refractivity (Wildman–Crippen MR) is 95.5 cm³/mol. The van der Waals surface area contributed by atoms with Crippen LogP contribution in [0.25, 0.3) is 21.5 Å².